The number of aliphatic hydroxyl groups excluding tert-OH is 1. The summed E-state index contributed by atoms with van der Waals surface area (Å²) < 4.78 is 7.00. The second-order valence-electron chi connectivity index (χ2n) is 5.77. The first-order chi connectivity index (χ1) is 11.5. The topological polar surface area (TPSA) is 76.4 Å². The van der Waals surface area contributed by atoms with Crippen LogP contribution < -0.4 is 10.1 Å². The SMILES string of the molecule is CCCn1nc(C)c(C(=O)NCC(O)c2cccc(OC)c2)c1C. The lowest BCUT2D eigenvalue weighted by Gasteiger charge is -2.13. The molecule has 0 aliphatic carbocycles. The van der Waals surface area contributed by atoms with Crippen molar-refractivity contribution in [2.45, 2.75) is 39.8 Å². The zero-order valence-electron chi connectivity index (χ0n) is 14.7. The van der Waals surface area contributed by atoms with E-state index >= 15 is 0 Å². The number of aliphatic hydroxyl groups is 1. The summed E-state index contributed by atoms with van der Waals surface area (Å²) >= 11 is 0. The number of aromatic nitrogens is 2. The third-order valence-corrected chi connectivity index (χ3v) is 3.98. The number of amides is 1. The van der Waals surface area contributed by atoms with Crippen molar-refractivity contribution in [3.05, 3.63) is 46.8 Å². The molecule has 0 spiro atoms. The van der Waals surface area contributed by atoms with Crippen molar-refractivity contribution >= 4 is 5.91 Å². The van der Waals surface area contributed by atoms with Crippen LogP contribution in [0.5, 0.6) is 5.75 Å². The fraction of sp³-hybridized carbons (Fsp3) is 0.444. The Morgan fingerprint density at radius 2 is 2.17 bits per heavy atom. The predicted octanol–water partition coefficient (Wildman–Crippen LogP) is 2.38. The standard InChI is InChI=1S/C18H25N3O3/c1-5-9-21-13(3)17(12(2)20-21)18(23)19-11-16(22)14-7-6-8-15(10-14)24-4/h6-8,10,16,22H,5,9,11H2,1-4H3,(H,19,23). The quantitative estimate of drug-likeness (QED) is 0.817. The Labute approximate surface area is 142 Å². The first-order valence-electron chi connectivity index (χ1n) is 8.12. The lowest BCUT2D eigenvalue weighted by atomic mass is 10.1. The molecule has 0 saturated carbocycles. The van der Waals surface area contributed by atoms with E-state index in [1.54, 1.807) is 19.2 Å². The highest BCUT2D eigenvalue weighted by molar-refractivity contribution is 5.96. The monoisotopic (exact) mass is 331 g/mol. The van der Waals surface area contributed by atoms with Crippen LogP contribution in [0.1, 0.15) is 46.8 Å². The number of hydrogen-bond acceptors (Lipinski definition) is 4. The van der Waals surface area contributed by atoms with Crippen LogP contribution >= 0.6 is 0 Å². The molecule has 2 N–H and O–H groups in total. The van der Waals surface area contributed by atoms with Crippen molar-refractivity contribution in [3.8, 4) is 5.75 Å². The third kappa shape index (κ3) is 3.94. The largest absolute Gasteiger partial charge is 0.497 e. The molecule has 1 amide bonds. The molecule has 1 atom stereocenters. The lowest BCUT2D eigenvalue weighted by molar-refractivity contribution is 0.0915. The van der Waals surface area contributed by atoms with Crippen LogP contribution in [-0.4, -0.2) is 34.4 Å². The molecule has 2 rings (SSSR count). The Bertz CT molecular complexity index is 710. The van der Waals surface area contributed by atoms with Crippen LogP contribution in [0.25, 0.3) is 0 Å². The highest BCUT2D eigenvalue weighted by atomic mass is 16.5. The maximum atomic E-state index is 12.5. The maximum absolute atomic E-state index is 12.5. The van der Waals surface area contributed by atoms with Gasteiger partial charge in [-0.1, -0.05) is 19.1 Å². The molecule has 0 radical (unpaired) electrons. The van der Waals surface area contributed by atoms with E-state index in [1.165, 1.54) is 0 Å². The maximum Gasteiger partial charge on any atom is 0.255 e. The summed E-state index contributed by atoms with van der Waals surface area (Å²) in [6, 6.07) is 7.17. The van der Waals surface area contributed by atoms with Crippen molar-refractivity contribution < 1.29 is 14.6 Å². The highest BCUT2D eigenvalue weighted by Crippen LogP contribution is 2.19. The summed E-state index contributed by atoms with van der Waals surface area (Å²) in [6.45, 7) is 6.70. The van der Waals surface area contributed by atoms with E-state index in [0.717, 1.165) is 18.7 Å². The molecule has 0 aliphatic rings. The van der Waals surface area contributed by atoms with Crippen molar-refractivity contribution in [1.82, 2.24) is 15.1 Å². The Hall–Kier alpha value is -2.34. The van der Waals surface area contributed by atoms with Gasteiger partial charge in [-0.05, 0) is 38.0 Å². The Kier molecular flexibility index (Phi) is 5.98. The average Bonchev–Trinajstić information content (AvgIpc) is 2.86. The van der Waals surface area contributed by atoms with Crippen molar-refractivity contribution in [1.29, 1.82) is 0 Å². The Morgan fingerprint density at radius 1 is 1.42 bits per heavy atom. The predicted molar refractivity (Wildman–Crippen MR) is 92.3 cm³/mol. The molecule has 0 saturated heterocycles. The van der Waals surface area contributed by atoms with Gasteiger partial charge in [-0.3, -0.25) is 9.48 Å². The first kappa shape index (κ1) is 18.0. The number of nitrogens with zero attached hydrogens (tertiary/aromatic N) is 2. The summed E-state index contributed by atoms with van der Waals surface area (Å²) in [7, 11) is 1.58. The number of methoxy groups -OCH3 is 1. The number of nitrogens with one attached hydrogen (secondary N) is 1. The van der Waals surface area contributed by atoms with E-state index in [2.05, 4.69) is 17.3 Å². The molecule has 2 aromatic rings. The van der Waals surface area contributed by atoms with Crippen molar-refractivity contribution in [2.24, 2.45) is 0 Å². The number of carbonyl (C=O) groups is 1. The fourth-order valence-corrected chi connectivity index (χ4v) is 2.70. The van der Waals surface area contributed by atoms with Crippen molar-refractivity contribution in [3.63, 3.8) is 0 Å². The van der Waals surface area contributed by atoms with Crippen LogP contribution in [0, 0.1) is 13.8 Å². The molecule has 0 bridgehead atoms. The van der Waals surface area contributed by atoms with E-state index in [0.29, 0.717) is 22.6 Å². The van der Waals surface area contributed by atoms with Gasteiger partial charge in [0, 0.05) is 18.8 Å². The van der Waals surface area contributed by atoms with E-state index < -0.39 is 6.10 Å². The van der Waals surface area contributed by atoms with Crippen LogP contribution in [-0.2, 0) is 6.54 Å². The van der Waals surface area contributed by atoms with E-state index in [1.807, 2.05) is 30.7 Å². The normalized spacial score (nSPS) is 12.0. The van der Waals surface area contributed by atoms with E-state index in [-0.39, 0.29) is 12.5 Å². The van der Waals surface area contributed by atoms with Gasteiger partial charge in [0.05, 0.1) is 24.5 Å². The number of rotatable bonds is 7. The fourth-order valence-electron chi connectivity index (χ4n) is 2.70. The summed E-state index contributed by atoms with van der Waals surface area (Å²) in [5.74, 6) is 0.458. The molecule has 0 fully saturated rings. The lowest BCUT2D eigenvalue weighted by Crippen LogP contribution is -2.29. The molecule has 24 heavy (non-hydrogen) atoms. The Morgan fingerprint density at radius 3 is 2.83 bits per heavy atom. The molecule has 130 valence electrons. The van der Waals surface area contributed by atoms with Gasteiger partial charge in [-0.15, -0.1) is 0 Å². The zero-order chi connectivity index (χ0) is 17.7. The van der Waals surface area contributed by atoms with Crippen LogP contribution in [0.3, 0.4) is 0 Å². The second kappa shape index (κ2) is 7.97. The summed E-state index contributed by atoms with van der Waals surface area (Å²) in [5.41, 5.74) is 2.84. The van der Waals surface area contributed by atoms with Gasteiger partial charge < -0.3 is 15.2 Å². The molecular weight excluding hydrogens is 306 g/mol. The van der Waals surface area contributed by atoms with E-state index in [9.17, 15) is 9.90 Å². The molecule has 6 nitrogen and oxygen atoms in total. The number of ether oxygens (including phenoxy) is 1. The zero-order valence-corrected chi connectivity index (χ0v) is 14.7. The van der Waals surface area contributed by atoms with Gasteiger partial charge in [0.25, 0.3) is 5.91 Å². The molecule has 1 heterocycles. The first-order valence-corrected chi connectivity index (χ1v) is 8.12. The number of carbonyl (C=O) groups excluding carboxylic acids is 1. The minimum atomic E-state index is -0.796. The second-order valence-corrected chi connectivity index (χ2v) is 5.77. The molecule has 0 aliphatic heterocycles. The van der Waals surface area contributed by atoms with Gasteiger partial charge in [0.15, 0.2) is 0 Å². The molecule has 1 aromatic heterocycles. The minimum Gasteiger partial charge on any atom is -0.497 e. The summed E-state index contributed by atoms with van der Waals surface area (Å²) in [4.78, 5) is 12.5. The summed E-state index contributed by atoms with van der Waals surface area (Å²) in [5, 5.41) is 17.5. The smallest absolute Gasteiger partial charge is 0.255 e. The number of hydrogen-bond donors (Lipinski definition) is 2. The van der Waals surface area contributed by atoms with Gasteiger partial charge in [0.1, 0.15) is 5.75 Å². The van der Waals surface area contributed by atoms with Crippen LogP contribution in [0.15, 0.2) is 24.3 Å². The highest BCUT2D eigenvalue weighted by Gasteiger charge is 2.19. The molecule has 1 aromatic carbocycles. The molecule has 6 heteroatoms. The summed E-state index contributed by atoms with van der Waals surface area (Å²) in [6.07, 6.45) is 0.160. The molecule has 1 unspecified atom stereocenters. The van der Waals surface area contributed by atoms with Crippen LogP contribution in [0.2, 0.25) is 0 Å². The average molecular weight is 331 g/mol. The van der Waals surface area contributed by atoms with Gasteiger partial charge in [-0.2, -0.15) is 5.10 Å². The minimum absolute atomic E-state index is 0.129. The third-order valence-electron chi connectivity index (χ3n) is 3.98. The van der Waals surface area contributed by atoms with Crippen LogP contribution in [0.4, 0.5) is 0 Å². The van der Waals surface area contributed by atoms with Crippen molar-refractivity contribution in [2.75, 3.05) is 13.7 Å². The van der Waals surface area contributed by atoms with Gasteiger partial charge >= 0.3 is 0 Å². The number of aryl methyl sites for hydroxylation is 2. The number of benzene rings is 1. The Balaban J connectivity index is 2.05. The van der Waals surface area contributed by atoms with Gasteiger partial charge in [-0.25, -0.2) is 0 Å². The molecular formula is C18H25N3O3. The van der Waals surface area contributed by atoms with E-state index in [4.69, 9.17) is 4.74 Å². The van der Waals surface area contributed by atoms with Gasteiger partial charge in [0.2, 0.25) is 0 Å².